The molecular formula is C19H20N2O5. The van der Waals surface area contributed by atoms with Crippen molar-refractivity contribution < 1.29 is 24.2 Å². The number of oxime groups is 1. The van der Waals surface area contributed by atoms with Crippen molar-refractivity contribution >= 4 is 5.71 Å². The SMILES string of the molecule is COc1cc(/C(=N/O)C2=COC(c3ccccc3)N2)cc(OC)c1OC. The summed E-state index contributed by atoms with van der Waals surface area (Å²) in [6.45, 7) is 0. The Morgan fingerprint density at radius 2 is 1.69 bits per heavy atom. The Bertz CT molecular complexity index is 808. The number of nitrogens with one attached hydrogen (secondary N) is 1. The van der Waals surface area contributed by atoms with E-state index in [0.29, 0.717) is 34.2 Å². The number of hydrogen-bond acceptors (Lipinski definition) is 7. The van der Waals surface area contributed by atoms with Gasteiger partial charge in [0.2, 0.25) is 5.75 Å². The van der Waals surface area contributed by atoms with Gasteiger partial charge in [-0.05, 0) is 12.1 Å². The minimum Gasteiger partial charge on any atom is -0.493 e. The fraction of sp³-hybridized carbons (Fsp3) is 0.211. The van der Waals surface area contributed by atoms with E-state index in [1.807, 2.05) is 30.3 Å². The number of methoxy groups -OCH3 is 3. The Kier molecular flexibility index (Phi) is 5.17. The fourth-order valence-corrected chi connectivity index (χ4v) is 2.74. The van der Waals surface area contributed by atoms with E-state index in [0.717, 1.165) is 5.56 Å². The monoisotopic (exact) mass is 356 g/mol. The van der Waals surface area contributed by atoms with Crippen LogP contribution in [0.15, 0.2) is 59.6 Å². The largest absolute Gasteiger partial charge is 0.493 e. The summed E-state index contributed by atoms with van der Waals surface area (Å²) in [5, 5.41) is 16.2. The minimum atomic E-state index is -0.356. The van der Waals surface area contributed by atoms with Gasteiger partial charge in [0.25, 0.3) is 0 Å². The Hall–Kier alpha value is -3.35. The number of rotatable bonds is 6. The minimum absolute atomic E-state index is 0.294. The molecule has 1 atom stereocenters. The van der Waals surface area contributed by atoms with Gasteiger partial charge in [0.05, 0.1) is 21.3 Å². The molecule has 7 nitrogen and oxygen atoms in total. The number of allylic oxidation sites excluding steroid dienone is 1. The van der Waals surface area contributed by atoms with Crippen LogP contribution in [0.2, 0.25) is 0 Å². The molecule has 0 spiro atoms. The summed E-state index contributed by atoms with van der Waals surface area (Å²) in [6.07, 6.45) is 1.17. The molecule has 0 amide bonds. The lowest BCUT2D eigenvalue weighted by Crippen LogP contribution is -2.21. The molecule has 0 saturated carbocycles. The Morgan fingerprint density at radius 1 is 1.04 bits per heavy atom. The summed E-state index contributed by atoms with van der Waals surface area (Å²) < 4.78 is 21.7. The molecule has 1 heterocycles. The molecule has 1 aliphatic rings. The highest BCUT2D eigenvalue weighted by Gasteiger charge is 2.25. The fourth-order valence-electron chi connectivity index (χ4n) is 2.74. The van der Waals surface area contributed by atoms with Crippen molar-refractivity contribution in [2.45, 2.75) is 6.23 Å². The van der Waals surface area contributed by atoms with E-state index in [1.165, 1.54) is 27.6 Å². The summed E-state index contributed by atoms with van der Waals surface area (Å²) >= 11 is 0. The van der Waals surface area contributed by atoms with E-state index in [1.54, 1.807) is 12.1 Å². The molecule has 3 rings (SSSR count). The summed E-state index contributed by atoms with van der Waals surface area (Å²) in [7, 11) is 4.58. The maximum absolute atomic E-state index is 9.59. The lowest BCUT2D eigenvalue weighted by atomic mass is 10.1. The standard InChI is InChI=1S/C19H20N2O5/c1-23-15-9-13(10-16(24-2)18(15)25-3)17(21-22)14-11-26-19(20-14)12-7-5-4-6-8-12/h4-11,19-20,22H,1-3H3/b21-17-. The van der Waals surface area contributed by atoms with Crippen molar-refractivity contribution in [1.82, 2.24) is 5.32 Å². The molecule has 0 bridgehead atoms. The molecule has 2 aromatic carbocycles. The highest BCUT2D eigenvalue weighted by molar-refractivity contribution is 6.12. The van der Waals surface area contributed by atoms with E-state index in [2.05, 4.69) is 10.5 Å². The third-order valence-electron chi connectivity index (χ3n) is 4.00. The molecule has 0 fully saturated rings. The van der Waals surface area contributed by atoms with Gasteiger partial charge in [-0.15, -0.1) is 0 Å². The summed E-state index contributed by atoms with van der Waals surface area (Å²) in [5.41, 5.74) is 2.37. The second kappa shape index (κ2) is 7.69. The first-order valence-electron chi connectivity index (χ1n) is 7.91. The lowest BCUT2D eigenvalue weighted by molar-refractivity contribution is 0.154. The van der Waals surface area contributed by atoms with Crippen LogP contribution in [0.5, 0.6) is 17.2 Å². The molecule has 0 radical (unpaired) electrons. The maximum Gasteiger partial charge on any atom is 0.203 e. The Morgan fingerprint density at radius 3 is 2.23 bits per heavy atom. The highest BCUT2D eigenvalue weighted by atomic mass is 16.5. The van der Waals surface area contributed by atoms with Gasteiger partial charge in [-0.25, -0.2) is 0 Å². The number of nitrogens with zero attached hydrogens (tertiary/aromatic N) is 1. The van der Waals surface area contributed by atoms with Gasteiger partial charge in [-0.3, -0.25) is 0 Å². The second-order valence-electron chi connectivity index (χ2n) is 5.47. The van der Waals surface area contributed by atoms with Gasteiger partial charge in [-0.2, -0.15) is 0 Å². The van der Waals surface area contributed by atoms with Crippen LogP contribution in [-0.4, -0.2) is 32.2 Å². The van der Waals surface area contributed by atoms with Crippen molar-refractivity contribution in [3.05, 3.63) is 65.6 Å². The quantitative estimate of drug-likeness (QED) is 0.470. The molecule has 1 unspecified atom stereocenters. The Labute approximate surface area is 151 Å². The van der Waals surface area contributed by atoms with Gasteiger partial charge in [0.15, 0.2) is 17.7 Å². The normalized spacial score (nSPS) is 16.3. The van der Waals surface area contributed by atoms with Crippen molar-refractivity contribution in [2.75, 3.05) is 21.3 Å². The zero-order valence-electron chi connectivity index (χ0n) is 14.7. The maximum atomic E-state index is 9.59. The number of benzene rings is 2. The molecule has 0 saturated heterocycles. The van der Waals surface area contributed by atoms with Crippen LogP contribution < -0.4 is 19.5 Å². The van der Waals surface area contributed by atoms with E-state index in [-0.39, 0.29) is 6.23 Å². The molecule has 2 aromatic rings. The molecule has 7 heteroatoms. The van der Waals surface area contributed by atoms with Crippen LogP contribution in [0.4, 0.5) is 0 Å². The predicted molar refractivity (Wildman–Crippen MR) is 95.9 cm³/mol. The first kappa shape index (κ1) is 17.5. The first-order valence-corrected chi connectivity index (χ1v) is 7.91. The van der Waals surface area contributed by atoms with Crippen LogP contribution in [0.25, 0.3) is 0 Å². The van der Waals surface area contributed by atoms with Crippen molar-refractivity contribution in [2.24, 2.45) is 5.16 Å². The lowest BCUT2D eigenvalue weighted by Gasteiger charge is -2.16. The van der Waals surface area contributed by atoms with Crippen molar-refractivity contribution in [3.63, 3.8) is 0 Å². The average molecular weight is 356 g/mol. The van der Waals surface area contributed by atoms with Crippen LogP contribution in [0.1, 0.15) is 17.4 Å². The van der Waals surface area contributed by atoms with E-state index in [4.69, 9.17) is 18.9 Å². The third-order valence-corrected chi connectivity index (χ3v) is 4.00. The second-order valence-corrected chi connectivity index (χ2v) is 5.47. The van der Waals surface area contributed by atoms with Crippen molar-refractivity contribution in [3.8, 4) is 17.2 Å². The molecule has 136 valence electrons. The van der Waals surface area contributed by atoms with Gasteiger partial charge in [-0.1, -0.05) is 35.5 Å². The van der Waals surface area contributed by atoms with Crippen LogP contribution in [-0.2, 0) is 4.74 Å². The van der Waals surface area contributed by atoms with Gasteiger partial charge in [0, 0.05) is 11.1 Å². The van der Waals surface area contributed by atoms with E-state index >= 15 is 0 Å². The molecule has 0 aliphatic carbocycles. The highest BCUT2D eigenvalue weighted by Crippen LogP contribution is 2.39. The molecular weight excluding hydrogens is 336 g/mol. The average Bonchev–Trinajstić information content (AvgIpc) is 3.18. The smallest absolute Gasteiger partial charge is 0.203 e. The Balaban J connectivity index is 1.91. The topological polar surface area (TPSA) is 81.5 Å². The third kappa shape index (κ3) is 3.23. The van der Waals surface area contributed by atoms with Gasteiger partial charge in [0.1, 0.15) is 17.7 Å². The zero-order valence-corrected chi connectivity index (χ0v) is 14.7. The van der Waals surface area contributed by atoms with Crippen LogP contribution >= 0.6 is 0 Å². The number of ether oxygens (including phenoxy) is 4. The summed E-state index contributed by atoms with van der Waals surface area (Å²) in [4.78, 5) is 0. The van der Waals surface area contributed by atoms with E-state index in [9.17, 15) is 5.21 Å². The van der Waals surface area contributed by atoms with Crippen LogP contribution in [0, 0.1) is 0 Å². The van der Waals surface area contributed by atoms with Crippen molar-refractivity contribution in [1.29, 1.82) is 0 Å². The molecule has 1 aliphatic heterocycles. The molecule has 0 aromatic heterocycles. The summed E-state index contributed by atoms with van der Waals surface area (Å²) in [5.74, 6) is 1.38. The molecule has 26 heavy (non-hydrogen) atoms. The predicted octanol–water partition coefficient (Wildman–Crippen LogP) is 3.05. The van der Waals surface area contributed by atoms with Gasteiger partial charge >= 0.3 is 0 Å². The zero-order chi connectivity index (χ0) is 18.5. The van der Waals surface area contributed by atoms with Gasteiger partial charge < -0.3 is 29.5 Å². The summed E-state index contributed by atoms with van der Waals surface area (Å²) in [6, 6.07) is 13.1. The number of hydrogen-bond donors (Lipinski definition) is 2. The molecule has 2 N–H and O–H groups in total. The first-order chi connectivity index (χ1) is 12.7. The van der Waals surface area contributed by atoms with E-state index < -0.39 is 0 Å². The van der Waals surface area contributed by atoms with Crippen LogP contribution in [0.3, 0.4) is 0 Å².